The van der Waals surface area contributed by atoms with Crippen LogP contribution >= 0.6 is 23.4 Å². The standard InChI is InChI=1S/C16H16ClF3N4O2S/c1-9-21-22-15(23(9)10-5-3-2-4-6-10)27-14-8-12(17)11(16(18,19)20)7-13(14)24(25)26/h7-8,10H,2-6H2,1H3. The normalized spacial score (nSPS) is 15.9. The molecule has 27 heavy (non-hydrogen) atoms. The van der Waals surface area contributed by atoms with Crippen LogP contribution in [0.5, 0.6) is 0 Å². The monoisotopic (exact) mass is 420 g/mol. The molecule has 1 aliphatic rings. The minimum atomic E-state index is -4.77. The van der Waals surface area contributed by atoms with Crippen molar-refractivity contribution in [2.75, 3.05) is 0 Å². The molecule has 0 unspecified atom stereocenters. The number of hydrogen-bond acceptors (Lipinski definition) is 5. The quantitative estimate of drug-likeness (QED) is 0.460. The number of nitro benzene ring substituents is 1. The van der Waals surface area contributed by atoms with E-state index in [9.17, 15) is 23.3 Å². The van der Waals surface area contributed by atoms with Crippen molar-refractivity contribution >= 4 is 29.1 Å². The Hall–Kier alpha value is -1.81. The summed E-state index contributed by atoms with van der Waals surface area (Å²) in [6, 6.07) is 1.63. The zero-order chi connectivity index (χ0) is 19.8. The van der Waals surface area contributed by atoms with Crippen LogP contribution in [0.25, 0.3) is 0 Å². The highest BCUT2D eigenvalue weighted by Crippen LogP contribution is 2.43. The van der Waals surface area contributed by atoms with Gasteiger partial charge in [-0.25, -0.2) is 0 Å². The molecule has 6 nitrogen and oxygen atoms in total. The summed E-state index contributed by atoms with van der Waals surface area (Å²) in [4.78, 5) is 10.5. The molecular weight excluding hydrogens is 405 g/mol. The summed E-state index contributed by atoms with van der Waals surface area (Å²) in [5.41, 5.74) is -1.89. The Kier molecular flexibility index (Phi) is 5.66. The number of hydrogen-bond donors (Lipinski definition) is 0. The summed E-state index contributed by atoms with van der Waals surface area (Å²) in [6.07, 6.45) is 0.409. The van der Waals surface area contributed by atoms with Crippen molar-refractivity contribution in [3.05, 3.63) is 38.7 Å². The summed E-state index contributed by atoms with van der Waals surface area (Å²) in [5, 5.41) is 19.3. The Bertz CT molecular complexity index is 866. The first-order chi connectivity index (χ1) is 12.7. The van der Waals surface area contributed by atoms with Gasteiger partial charge < -0.3 is 4.57 Å². The van der Waals surface area contributed by atoms with Crippen LogP contribution in [-0.2, 0) is 6.18 Å². The molecule has 11 heteroatoms. The predicted octanol–water partition coefficient (Wildman–Crippen LogP) is 5.82. The fraction of sp³-hybridized carbons (Fsp3) is 0.500. The van der Waals surface area contributed by atoms with E-state index in [2.05, 4.69) is 10.2 Å². The smallest absolute Gasteiger partial charge is 0.303 e. The van der Waals surface area contributed by atoms with Gasteiger partial charge in [-0.1, -0.05) is 30.9 Å². The van der Waals surface area contributed by atoms with Gasteiger partial charge in [0.05, 0.1) is 20.4 Å². The largest absolute Gasteiger partial charge is 0.418 e. The number of nitro groups is 1. The van der Waals surface area contributed by atoms with Gasteiger partial charge >= 0.3 is 6.18 Å². The maximum atomic E-state index is 13.0. The topological polar surface area (TPSA) is 73.8 Å². The number of aromatic nitrogens is 3. The van der Waals surface area contributed by atoms with Gasteiger partial charge in [-0.2, -0.15) is 13.2 Å². The molecule has 1 aliphatic carbocycles. The maximum absolute atomic E-state index is 13.0. The van der Waals surface area contributed by atoms with Gasteiger partial charge in [0.1, 0.15) is 5.82 Å². The molecule has 0 atom stereocenters. The van der Waals surface area contributed by atoms with E-state index in [4.69, 9.17) is 11.6 Å². The first-order valence-electron chi connectivity index (χ1n) is 8.33. The molecule has 0 bridgehead atoms. The zero-order valence-electron chi connectivity index (χ0n) is 14.3. The Morgan fingerprint density at radius 1 is 1.26 bits per heavy atom. The van der Waals surface area contributed by atoms with Crippen molar-refractivity contribution in [3.8, 4) is 0 Å². The van der Waals surface area contributed by atoms with Gasteiger partial charge in [-0.05, 0) is 37.6 Å². The van der Waals surface area contributed by atoms with E-state index in [-0.39, 0.29) is 10.9 Å². The Morgan fingerprint density at radius 2 is 1.93 bits per heavy atom. The molecule has 0 spiro atoms. The molecule has 1 aromatic heterocycles. The van der Waals surface area contributed by atoms with E-state index >= 15 is 0 Å². The molecule has 1 saturated carbocycles. The molecule has 146 valence electrons. The number of nitrogens with zero attached hydrogens (tertiary/aromatic N) is 4. The van der Waals surface area contributed by atoms with Crippen molar-refractivity contribution in [3.63, 3.8) is 0 Å². The summed E-state index contributed by atoms with van der Waals surface area (Å²) >= 11 is 6.66. The molecule has 1 aromatic carbocycles. The summed E-state index contributed by atoms with van der Waals surface area (Å²) in [5.74, 6) is 0.671. The lowest BCUT2D eigenvalue weighted by molar-refractivity contribution is -0.388. The lowest BCUT2D eigenvalue weighted by Gasteiger charge is -2.25. The van der Waals surface area contributed by atoms with E-state index in [0.717, 1.165) is 49.9 Å². The van der Waals surface area contributed by atoms with E-state index in [0.29, 0.717) is 17.0 Å². The van der Waals surface area contributed by atoms with Crippen LogP contribution in [0.15, 0.2) is 22.2 Å². The second kappa shape index (κ2) is 7.67. The van der Waals surface area contributed by atoms with Crippen LogP contribution < -0.4 is 0 Å². The van der Waals surface area contributed by atoms with Crippen molar-refractivity contribution in [1.82, 2.24) is 14.8 Å². The van der Waals surface area contributed by atoms with E-state index in [1.807, 2.05) is 4.57 Å². The predicted molar refractivity (Wildman–Crippen MR) is 94.1 cm³/mol. The lowest BCUT2D eigenvalue weighted by Crippen LogP contribution is -2.15. The fourth-order valence-corrected chi connectivity index (χ4v) is 4.67. The first-order valence-corrected chi connectivity index (χ1v) is 9.52. The number of halogens is 4. The lowest BCUT2D eigenvalue weighted by atomic mass is 9.95. The number of aryl methyl sites for hydroxylation is 1. The van der Waals surface area contributed by atoms with Crippen LogP contribution in [0.3, 0.4) is 0 Å². The molecule has 0 amide bonds. The van der Waals surface area contributed by atoms with Gasteiger partial charge in [-0.15, -0.1) is 10.2 Å². The minimum absolute atomic E-state index is 0.00228. The number of benzene rings is 1. The van der Waals surface area contributed by atoms with Gasteiger partial charge in [0.15, 0.2) is 5.16 Å². The molecule has 1 fully saturated rings. The van der Waals surface area contributed by atoms with E-state index in [1.54, 1.807) is 6.92 Å². The highest BCUT2D eigenvalue weighted by Gasteiger charge is 2.36. The molecule has 0 N–H and O–H groups in total. The summed E-state index contributed by atoms with van der Waals surface area (Å²) < 4.78 is 41.0. The van der Waals surface area contributed by atoms with E-state index < -0.39 is 27.4 Å². The van der Waals surface area contributed by atoms with Gasteiger partial charge in [0.2, 0.25) is 0 Å². The molecule has 1 heterocycles. The van der Waals surface area contributed by atoms with Crippen LogP contribution in [0.4, 0.5) is 18.9 Å². The summed E-state index contributed by atoms with van der Waals surface area (Å²) in [6.45, 7) is 1.79. The average molecular weight is 421 g/mol. The van der Waals surface area contributed by atoms with Gasteiger partial charge in [-0.3, -0.25) is 10.1 Å². The average Bonchev–Trinajstić information content (AvgIpc) is 2.94. The van der Waals surface area contributed by atoms with Crippen molar-refractivity contribution in [1.29, 1.82) is 0 Å². The van der Waals surface area contributed by atoms with E-state index in [1.165, 1.54) is 0 Å². The molecule has 2 aromatic rings. The SMILES string of the molecule is Cc1nnc(Sc2cc(Cl)c(C(F)(F)F)cc2[N+](=O)[O-])n1C1CCCCC1. The van der Waals surface area contributed by atoms with Crippen LogP contribution in [0.1, 0.15) is 49.5 Å². The third-order valence-corrected chi connectivity index (χ3v) is 5.85. The second-order valence-corrected chi connectivity index (χ2v) is 7.76. The third kappa shape index (κ3) is 4.21. The summed E-state index contributed by atoms with van der Waals surface area (Å²) in [7, 11) is 0. The third-order valence-electron chi connectivity index (χ3n) is 4.53. The highest BCUT2D eigenvalue weighted by atomic mass is 35.5. The van der Waals surface area contributed by atoms with Crippen molar-refractivity contribution in [2.24, 2.45) is 0 Å². The number of alkyl halides is 3. The first kappa shape index (κ1) is 19.9. The molecular formula is C16H16ClF3N4O2S. The van der Waals surface area contributed by atoms with Gasteiger partial charge in [0.25, 0.3) is 5.69 Å². The van der Waals surface area contributed by atoms with Crippen LogP contribution in [0, 0.1) is 17.0 Å². The highest BCUT2D eigenvalue weighted by molar-refractivity contribution is 7.99. The molecule has 0 saturated heterocycles. The Balaban J connectivity index is 2.01. The molecule has 3 rings (SSSR count). The van der Waals surface area contributed by atoms with Gasteiger partial charge in [0, 0.05) is 12.1 Å². The Labute approximate surface area is 162 Å². The maximum Gasteiger partial charge on any atom is 0.418 e. The minimum Gasteiger partial charge on any atom is -0.303 e. The van der Waals surface area contributed by atoms with Crippen LogP contribution in [0.2, 0.25) is 5.02 Å². The molecule has 0 radical (unpaired) electrons. The fourth-order valence-electron chi connectivity index (χ4n) is 3.26. The zero-order valence-corrected chi connectivity index (χ0v) is 15.9. The Morgan fingerprint density at radius 3 is 2.52 bits per heavy atom. The number of rotatable bonds is 4. The van der Waals surface area contributed by atoms with Crippen molar-refractivity contribution < 1.29 is 18.1 Å². The van der Waals surface area contributed by atoms with Crippen molar-refractivity contribution in [2.45, 2.75) is 61.3 Å². The van der Waals surface area contributed by atoms with Crippen LogP contribution in [-0.4, -0.2) is 19.7 Å². The second-order valence-electron chi connectivity index (χ2n) is 6.35. The molecule has 0 aliphatic heterocycles.